The number of esters is 1. The van der Waals surface area contributed by atoms with Crippen molar-refractivity contribution in [3.05, 3.63) is 78.9 Å². The first kappa shape index (κ1) is 21.3. The van der Waals surface area contributed by atoms with Crippen molar-refractivity contribution < 1.29 is 23.8 Å². The maximum atomic E-state index is 13.8. The van der Waals surface area contributed by atoms with Crippen LogP contribution in [0.15, 0.2) is 44.3 Å². The van der Waals surface area contributed by atoms with Gasteiger partial charge in [0.2, 0.25) is 0 Å². The summed E-state index contributed by atoms with van der Waals surface area (Å²) in [7, 11) is 0. The van der Waals surface area contributed by atoms with E-state index in [9.17, 15) is 24.3 Å². The van der Waals surface area contributed by atoms with Gasteiger partial charge in [0, 0.05) is 29.7 Å². The summed E-state index contributed by atoms with van der Waals surface area (Å²) in [6.07, 6.45) is 1.52. The Labute approximate surface area is 198 Å². The molecule has 1 unspecified atom stereocenters. The number of aromatic nitrogens is 1. The van der Waals surface area contributed by atoms with Gasteiger partial charge in [0.15, 0.2) is 11.5 Å². The van der Waals surface area contributed by atoms with Crippen LogP contribution in [0.4, 0.5) is 0 Å². The molecule has 0 fully saturated rings. The second kappa shape index (κ2) is 7.40. The predicted molar refractivity (Wildman–Crippen MR) is 128 cm³/mol. The van der Waals surface area contributed by atoms with E-state index in [0.717, 1.165) is 29.3 Å². The second-order valence-electron chi connectivity index (χ2n) is 9.22. The molecule has 6 rings (SSSR count). The molecule has 0 saturated carbocycles. The van der Waals surface area contributed by atoms with Gasteiger partial charge in [-0.2, -0.15) is 0 Å². The van der Waals surface area contributed by atoms with E-state index in [1.807, 2.05) is 18.2 Å². The molecule has 8 heteroatoms. The highest BCUT2D eigenvalue weighted by Gasteiger charge is 2.38. The average molecular weight is 471 g/mol. The Morgan fingerprint density at radius 3 is 2.74 bits per heavy atom. The smallest absolute Gasteiger partial charge is 0.336 e. The highest BCUT2D eigenvalue weighted by Crippen LogP contribution is 2.49. The molecule has 4 heterocycles. The van der Waals surface area contributed by atoms with Crippen LogP contribution in [0.25, 0.3) is 21.9 Å². The molecular weight excluding hydrogens is 450 g/mol. The number of phenolic OH excluding ortho intramolecular Hbond substituents is 1. The Balaban J connectivity index is 1.76. The molecule has 0 radical (unpaired) electrons. The number of ether oxygens (including phenoxy) is 1. The fourth-order valence-electron chi connectivity index (χ4n) is 5.64. The number of benzene rings is 2. The fourth-order valence-corrected chi connectivity index (χ4v) is 5.64. The SMILES string of the molecule is CC(=O)c1c2c(c3oc(=O)cc(C)c3c1O)C(c1cc3cccc4c3n(c1=O)CCC4)CC(=O)O2. The number of aryl methyl sites for hydroxylation is 3. The lowest BCUT2D eigenvalue weighted by atomic mass is 9.82. The van der Waals surface area contributed by atoms with E-state index in [1.165, 1.54) is 13.0 Å². The molecule has 4 aromatic rings. The van der Waals surface area contributed by atoms with E-state index in [0.29, 0.717) is 17.7 Å². The Morgan fingerprint density at radius 2 is 1.97 bits per heavy atom. The standard InChI is InChI=1S/C27H21NO7/c1-12-9-18(30)34-25-20(12)24(32)21(13(2)29)26-22(25)16(11-19(31)35-26)17-10-15-6-3-5-14-7-4-8-28(23(14)15)27(17)33/h3,5-6,9-10,16,32H,4,7-8,11H2,1-2H3. The highest BCUT2D eigenvalue weighted by molar-refractivity contribution is 6.09. The summed E-state index contributed by atoms with van der Waals surface area (Å²) < 4.78 is 12.7. The number of hydrogen-bond acceptors (Lipinski definition) is 7. The molecule has 176 valence electrons. The predicted octanol–water partition coefficient (Wildman–Crippen LogP) is 3.71. The van der Waals surface area contributed by atoms with Crippen LogP contribution in [0.2, 0.25) is 0 Å². The minimum absolute atomic E-state index is 0.0110. The number of carbonyl (C=O) groups excluding carboxylic acids is 2. The molecule has 0 saturated heterocycles. The van der Waals surface area contributed by atoms with Crippen LogP contribution in [-0.2, 0) is 17.8 Å². The third-order valence-electron chi connectivity index (χ3n) is 7.06. The topological polar surface area (TPSA) is 116 Å². The number of para-hydroxylation sites is 1. The zero-order valence-electron chi connectivity index (χ0n) is 19.1. The van der Waals surface area contributed by atoms with Gasteiger partial charge in [-0.25, -0.2) is 4.79 Å². The third-order valence-corrected chi connectivity index (χ3v) is 7.06. The van der Waals surface area contributed by atoms with Gasteiger partial charge < -0.3 is 18.8 Å². The van der Waals surface area contributed by atoms with Crippen molar-refractivity contribution >= 4 is 33.6 Å². The largest absolute Gasteiger partial charge is 0.506 e. The van der Waals surface area contributed by atoms with E-state index in [2.05, 4.69) is 0 Å². The van der Waals surface area contributed by atoms with Crippen LogP contribution in [0.1, 0.15) is 58.3 Å². The summed E-state index contributed by atoms with van der Waals surface area (Å²) in [4.78, 5) is 51.4. The van der Waals surface area contributed by atoms with Gasteiger partial charge in [0.1, 0.15) is 16.9 Å². The van der Waals surface area contributed by atoms with Crippen molar-refractivity contribution in [3.8, 4) is 11.5 Å². The lowest BCUT2D eigenvalue weighted by molar-refractivity contribution is -0.135. The third kappa shape index (κ3) is 2.99. The zero-order valence-corrected chi connectivity index (χ0v) is 19.1. The Bertz CT molecular complexity index is 1740. The van der Waals surface area contributed by atoms with Crippen LogP contribution >= 0.6 is 0 Å². The van der Waals surface area contributed by atoms with E-state index >= 15 is 0 Å². The van der Waals surface area contributed by atoms with E-state index in [-0.39, 0.29) is 39.8 Å². The maximum absolute atomic E-state index is 13.8. The lowest BCUT2D eigenvalue weighted by Crippen LogP contribution is -2.32. The molecule has 0 bridgehead atoms. The lowest BCUT2D eigenvalue weighted by Gasteiger charge is -2.29. The second-order valence-corrected chi connectivity index (χ2v) is 9.22. The molecule has 0 amide bonds. The molecule has 0 spiro atoms. The number of carbonyl (C=O) groups is 2. The minimum atomic E-state index is -0.830. The number of aromatic hydroxyl groups is 1. The van der Waals surface area contributed by atoms with Crippen LogP contribution in [-0.4, -0.2) is 21.4 Å². The fraction of sp³-hybridized carbons (Fsp3) is 0.259. The van der Waals surface area contributed by atoms with Gasteiger partial charge in [0.25, 0.3) is 5.56 Å². The van der Waals surface area contributed by atoms with Gasteiger partial charge >= 0.3 is 11.6 Å². The number of ketones is 1. The Hall–Kier alpha value is -4.20. The van der Waals surface area contributed by atoms with E-state index in [1.54, 1.807) is 17.6 Å². The van der Waals surface area contributed by atoms with Gasteiger partial charge in [-0.15, -0.1) is 0 Å². The van der Waals surface area contributed by atoms with Gasteiger partial charge in [-0.05, 0) is 49.3 Å². The van der Waals surface area contributed by atoms with Crippen LogP contribution in [0, 0.1) is 6.92 Å². The van der Waals surface area contributed by atoms with Crippen molar-refractivity contribution in [3.63, 3.8) is 0 Å². The molecule has 2 aliphatic heterocycles. The monoisotopic (exact) mass is 471 g/mol. The number of pyridine rings is 1. The molecule has 1 N–H and O–H groups in total. The van der Waals surface area contributed by atoms with Gasteiger partial charge in [-0.1, -0.05) is 18.2 Å². The quantitative estimate of drug-likeness (QED) is 0.205. The highest BCUT2D eigenvalue weighted by atomic mass is 16.5. The molecular formula is C27H21NO7. The first-order valence-electron chi connectivity index (χ1n) is 11.5. The normalized spacial score (nSPS) is 16.9. The summed E-state index contributed by atoms with van der Waals surface area (Å²) in [6.45, 7) is 3.42. The molecule has 2 aromatic heterocycles. The summed E-state index contributed by atoms with van der Waals surface area (Å²) >= 11 is 0. The van der Waals surface area contributed by atoms with Gasteiger partial charge in [-0.3, -0.25) is 14.4 Å². The zero-order chi connectivity index (χ0) is 24.6. The summed E-state index contributed by atoms with van der Waals surface area (Å²) in [5.74, 6) is -2.58. The summed E-state index contributed by atoms with van der Waals surface area (Å²) in [6, 6.07) is 8.87. The van der Waals surface area contributed by atoms with Gasteiger partial charge in [0.05, 0.1) is 17.3 Å². The van der Waals surface area contributed by atoms with E-state index < -0.39 is 29.0 Å². The first-order valence-corrected chi connectivity index (χ1v) is 11.5. The molecule has 2 aromatic carbocycles. The van der Waals surface area contributed by atoms with Crippen LogP contribution in [0.5, 0.6) is 11.5 Å². The van der Waals surface area contributed by atoms with Crippen LogP contribution < -0.4 is 15.9 Å². The number of Topliss-reactive ketones (excluding diaryl/α,β-unsaturated/α-hetero) is 1. The molecule has 2 aliphatic rings. The maximum Gasteiger partial charge on any atom is 0.336 e. The molecule has 1 atom stereocenters. The number of phenols is 1. The van der Waals surface area contributed by atoms with Crippen molar-refractivity contribution in [2.45, 2.75) is 45.6 Å². The number of nitrogens with zero attached hydrogens (tertiary/aromatic N) is 1. The number of rotatable bonds is 2. The van der Waals surface area contributed by atoms with Crippen molar-refractivity contribution in [1.29, 1.82) is 0 Å². The Kier molecular flexibility index (Phi) is 4.51. The molecule has 35 heavy (non-hydrogen) atoms. The van der Waals surface area contributed by atoms with Crippen molar-refractivity contribution in [2.24, 2.45) is 0 Å². The summed E-state index contributed by atoms with van der Waals surface area (Å²) in [5.41, 5.74) is 1.92. The first-order chi connectivity index (χ1) is 16.8. The number of fused-ring (bicyclic) bond motifs is 3. The molecule has 8 nitrogen and oxygen atoms in total. The van der Waals surface area contributed by atoms with Crippen LogP contribution in [0.3, 0.4) is 0 Å². The number of hydrogen-bond donors (Lipinski definition) is 1. The van der Waals surface area contributed by atoms with Crippen molar-refractivity contribution in [2.75, 3.05) is 0 Å². The average Bonchev–Trinajstić information content (AvgIpc) is 2.80. The Morgan fingerprint density at radius 1 is 1.17 bits per heavy atom. The van der Waals surface area contributed by atoms with Crippen molar-refractivity contribution in [1.82, 2.24) is 4.57 Å². The molecule has 0 aliphatic carbocycles. The minimum Gasteiger partial charge on any atom is -0.506 e. The van der Waals surface area contributed by atoms with E-state index in [4.69, 9.17) is 9.15 Å². The summed E-state index contributed by atoms with van der Waals surface area (Å²) in [5, 5.41) is 12.0.